The number of carbonyl (C=O) groups excluding carboxylic acids is 2. The van der Waals surface area contributed by atoms with Gasteiger partial charge in [0, 0.05) is 43.1 Å². The average Bonchev–Trinajstić information content (AvgIpc) is 3.27. The first-order valence-electron chi connectivity index (χ1n) is 22.4. The number of hydrogen-bond donors (Lipinski definition) is 4. The van der Waals surface area contributed by atoms with Gasteiger partial charge in [0.2, 0.25) is 0 Å². The highest BCUT2D eigenvalue weighted by atomic mass is 16.5. The Bertz CT molecular complexity index is 1840. The fourth-order valence-corrected chi connectivity index (χ4v) is 7.26. The van der Waals surface area contributed by atoms with Crippen molar-refractivity contribution in [1.82, 2.24) is 15.5 Å². The maximum Gasteiger partial charge on any atom is 0.336 e. The Kier molecular flexibility index (Phi) is 21.9. The number of para-hydroxylation sites is 3. The van der Waals surface area contributed by atoms with Crippen LogP contribution in [-0.4, -0.2) is 105 Å². The second-order valence-corrected chi connectivity index (χ2v) is 16.3. The van der Waals surface area contributed by atoms with E-state index >= 15 is 0 Å². The summed E-state index contributed by atoms with van der Waals surface area (Å²) in [6.45, 7) is 12.3. The number of allylic oxidation sites excluding steroid dienone is 2. The molecule has 4 N–H and O–H groups in total. The molecule has 0 aliphatic carbocycles. The summed E-state index contributed by atoms with van der Waals surface area (Å²) in [6, 6.07) is 26.6. The minimum atomic E-state index is -0.749. The topological polar surface area (TPSA) is 148 Å². The number of aliphatic hydroxyl groups is 2. The SMILES string of the molecule is CC1=C(C(=O)OCCCCCCNCC(O)COc2ccccc2)C(c2ccccc2OC(C)C)C(C(=O)OCCCCCC(C)NCC(O)COc2ccccc2)=C(C)N1C. The van der Waals surface area contributed by atoms with Gasteiger partial charge in [-0.1, -0.05) is 80.3 Å². The number of rotatable bonds is 29. The Balaban J connectivity index is 1.26. The first-order valence-corrected chi connectivity index (χ1v) is 22.4. The number of benzene rings is 3. The van der Waals surface area contributed by atoms with Gasteiger partial charge in [-0.3, -0.25) is 0 Å². The lowest BCUT2D eigenvalue weighted by Crippen LogP contribution is -2.36. The molecule has 340 valence electrons. The first kappa shape index (κ1) is 49.8. The van der Waals surface area contributed by atoms with Crippen molar-refractivity contribution >= 4 is 11.9 Å². The van der Waals surface area contributed by atoms with E-state index in [1.807, 2.05) is 125 Å². The summed E-state index contributed by atoms with van der Waals surface area (Å²) < 4.78 is 29.4. The predicted octanol–water partition coefficient (Wildman–Crippen LogP) is 7.71. The summed E-state index contributed by atoms with van der Waals surface area (Å²) in [4.78, 5) is 30.1. The number of carbonyl (C=O) groups is 2. The van der Waals surface area contributed by atoms with Gasteiger partial charge in [-0.05, 0) is 97.2 Å². The summed E-state index contributed by atoms with van der Waals surface area (Å²) in [7, 11) is 1.85. The summed E-state index contributed by atoms with van der Waals surface area (Å²) in [5, 5.41) is 27.2. The van der Waals surface area contributed by atoms with Crippen LogP contribution in [0.5, 0.6) is 17.2 Å². The van der Waals surface area contributed by atoms with Gasteiger partial charge in [0.05, 0.1) is 36.4 Å². The Labute approximate surface area is 369 Å². The lowest BCUT2D eigenvalue weighted by Gasteiger charge is -2.36. The van der Waals surface area contributed by atoms with Gasteiger partial charge in [-0.15, -0.1) is 0 Å². The normalized spacial score (nSPS) is 15.6. The number of esters is 2. The number of hydrogen-bond acceptors (Lipinski definition) is 12. The van der Waals surface area contributed by atoms with Crippen molar-refractivity contribution in [1.29, 1.82) is 0 Å². The Morgan fingerprint density at radius 2 is 1.16 bits per heavy atom. The third-order valence-electron chi connectivity index (χ3n) is 10.8. The molecule has 0 spiro atoms. The summed E-state index contributed by atoms with van der Waals surface area (Å²) in [5.74, 6) is 0.375. The van der Waals surface area contributed by atoms with Crippen LogP contribution in [0.3, 0.4) is 0 Å². The highest BCUT2D eigenvalue weighted by Gasteiger charge is 2.41. The molecular weight excluding hydrogens is 787 g/mol. The molecule has 4 atom stereocenters. The van der Waals surface area contributed by atoms with Gasteiger partial charge in [-0.25, -0.2) is 9.59 Å². The first-order chi connectivity index (χ1) is 30.0. The van der Waals surface area contributed by atoms with E-state index in [-0.39, 0.29) is 38.6 Å². The second kappa shape index (κ2) is 27.2. The van der Waals surface area contributed by atoms with E-state index in [0.29, 0.717) is 59.8 Å². The highest BCUT2D eigenvalue weighted by molar-refractivity contribution is 6.00. The van der Waals surface area contributed by atoms with E-state index in [1.165, 1.54) is 0 Å². The zero-order valence-corrected chi connectivity index (χ0v) is 37.8. The van der Waals surface area contributed by atoms with Crippen LogP contribution in [0.4, 0.5) is 0 Å². The van der Waals surface area contributed by atoms with Crippen LogP contribution in [0.15, 0.2) is 107 Å². The number of ether oxygens (including phenoxy) is 5. The fourth-order valence-electron chi connectivity index (χ4n) is 7.26. The van der Waals surface area contributed by atoms with E-state index in [1.54, 1.807) is 0 Å². The smallest absolute Gasteiger partial charge is 0.336 e. The van der Waals surface area contributed by atoms with Gasteiger partial charge in [0.1, 0.15) is 42.7 Å². The van der Waals surface area contributed by atoms with E-state index in [2.05, 4.69) is 17.6 Å². The second-order valence-electron chi connectivity index (χ2n) is 16.3. The quantitative estimate of drug-likeness (QED) is 0.0401. The lowest BCUT2D eigenvalue weighted by atomic mass is 9.79. The molecule has 0 saturated carbocycles. The van der Waals surface area contributed by atoms with E-state index in [0.717, 1.165) is 56.6 Å². The van der Waals surface area contributed by atoms with Crippen molar-refractivity contribution < 1.29 is 43.5 Å². The number of unbranched alkanes of at least 4 members (excludes halogenated alkanes) is 5. The van der Waals surface area contributed by atoms with E-state index in [4.69, 9.17) is 23.7 Å². The van der Waals surface area contributed by atoms with Gasteiger partial charge >= 0.3 is 11.9 Å². The summed E-state index contributed by atoms with van der Waals surface area (Å²) >= 11 is 0. The third-order valence-corrected chi connectivity index (χ3v) is 10.8. The Morgan fingerprint density at radius 3 is 1.73 bits per heavy atom. The van der Waals surface area contributed by atoms with Crippen molar-refractivity contribution in [2.75, 3.05) is 53.1 Å². The van der Waals surface area contributed by atoms with Crippen LogP contribution in [-0.2, 0) is 19.1 Å². The van der Waals surface area contributed by atoms with Gasteiger partial charge in [0.15, 0.2) is 0 Å². The van der Waals surface area contributed by atoms with Gasteiger partial charge < -0.3 is 49.4 Å². The van der Waals surface area contributed by atoms with Crippen LogP contribution in [0.2, 0.25) is 0 Å². The molecule has 1 heterocycles. The molecule has 12 nitrogen and oxygen atoms in total. The third kappa shape index (κ3) is 16.8. The largest absolute Gasteiger partial charge is 0.491 e. The van der Waals surface area contributed by atoms with Crippen LogP contribution in [0, 0.1) is 0 Å². The van der Waals surface area contributed by atoms with Crippen LogP contribution < -0.4 is 24.8 Å². The van der Waals surface area contributed by atoms with Crippen molar-refractivity contribution in [2.24, 2.45) is 0 Å². The standard InChI is InChI=1S/C50H71N3O9/c1-36(2)62-45-28-18-17-27-44(45)48-46(49(56)58-30-20-8-7-19-29-51-32-40(54)34-60-42-23-13-9-14-24-42)38(4)53(6)39(5)47(48)50(57)59-31-21-11-12-22-37(3)52-33-41(55)35-61-43-25-15-10-16-26-43/h9-10,13-18,23-28,36-37,40-41,48,51-52,54-55H,7-8,11-12,19-22,29-35H2,1-6H3. The number of nitrogens with zero attached hydrogens (tertiary/aromatic N) is 1. The zero-order valence-electron chi connectivity index (χ0n) is 37.8. The molecule has 1 aliphatic rings. The molecule has 0 amide bonds. The highest BCUT2D eigenvalue weighted by Crippen LogP contribution is 2.45. The monoisotopic (exact) mass is 858 g/mol. The van der Waals surface area contributed by atoms with Crippen LogP contribution in [0.25, 0.3) is 0 Å². The molecule has 0 aromatic heterocycles. The molecule has 0 bridgehead atoms. The summed E-state index contributed by atoms with van der Waals surface area (Å²) in [5.41, 5.74) is 2.89. The number of aliphatic hydroxyl groups excluding tert-OH is 2. The molecule has 3 aromatic carbocycles. The molecule has 0 radical (unpaired) electrons. The van der Waals surface area contributed by atoms with E-state index in [9.17, 15) is 19.8 Å². The number of nitrogens with one attached hydrogen (secondary N) is 2. The van der Waals surface area contributed by atoms with Crippen molar-refractivity contribution in [3.63, 3.8) is 0 Å². The molecule has 62 heavy (non-hydrogen) atoms. The van der Waals surface area contributed by atoms with Crippen molar-refractivity contribution in [3.8, 4) is 17.2 Å². The molecule has 3 aromatic rings. The maximum absolute atomic E-state index is 14.1. The zero-order chi connectivity index (χ0) is 44.7. The van der Waals surface area contributed by atoms with Crippen LogP contribution >= 0.6 is 0 Å². The lowest BCUT2D eigenvalue weighted by molar-refractivity contribution is -0.140. The van der Waals surface area contributed by atoms with Gasteiger partial charge in [-0.2, -0.15) is 0 Å². The minimum absolute atomic E-state index is 0.131. The summed E-state index contributed by atoms with van der Waals surface area (Å²) in [6.07, 6.45) is 5.49. The molecule has 0 fully saturated rings. The maximum atomic E-state index is 14.1. The van der Waals surface area contributed by atoms with Crippen molar-refractivity contribution in [3.05, 3.63) is 113 Å². The molecule has 0 saturated heterocycles. The van der Waals surface area contributed by atoms with Gasteiger partial charge in [0.25, 0.3) is 0 Å². The molecular formula is C50H71N3O9. The molecule has 4 rings (SSSR count). The van der Waals surface area contributed by atoms with Crippen molar-refractivity contribution in [2.45, 2.75) is 116 Å². The van der Waals surface area contributed by atoms with Crippen LogP contribution in [0.1, 0.15) is 97.5 Å². The van der Waals surface area contributed by atoms with E-state index < -0.39 is 30.1 Å². The average molecular weight is 858 g/mol. The molecule has 12 heteroatoms. The Morgan fingerprint density at radius 1 is 0.661 bits per heavy atom. The predicted molar refractivity (Wildman–Crippen MR) is 243 cm³/mol. The molecule has 1 aliphatic heterocycles. The minimum Gasteiger partial charge on any atom is -0.491 e. The molecule has 4 unspecified atom stereocenters. The fraction of sp³-hybridized carbons (Fsp3) is 0.520. The Hall–Kier alpha value is -4.88.